The Hall–Kier alpha value is -2.44. The van der Waals surface area contributed by atoms with Crippen molar-refractivity contribution in [1.29, 1.82) is 0 Å². The number of nitrogens with zero attached hydrogens (tertiary/aromatic N) is 5. The first-order valence-electron chi connectivity index (χ1n) is 7.23. The molecular formula is C14H17N7. The molecular weight excluding hydrogens is 266 g/mol. The first kappa shape index (κ1) is 12.3. The van der Waals surface area contributed by atoms with Crippen molar-refractivity contribution in [2.45, 2.75) is 38.6 Å². The third-order valence-electron chi connectivity index (χ3n) is 3.65. The quantitative estimate of drug-likeness (QED) is 0.769. The van der Waals surface area contributed by atoms with Gasteiger partial charge in [-0.05, 0) is 26.7 Å². The molecule has 0 saturated heterocycles. The summed E-state index contributed by atoms with van der Waals surface area (Å²) in [7, 11) is 0. The SMILES string of the molecule is CC(C)n1cc(Nc2nc(C3CC3)nc3cn[nH]c23)cn1. The molecule has 0 aliphatic heterocycles. The summed E-state index contributed by atoms with van der Waals surface area (Å²) in [6.45, 7) is 4.19. The molecule has 4 rings (SSSR count). The van der Waals surface area contributed by atoms with E-state index >= 15 is 0 Å². The number of rotatable bonds is 4. The molecule has 3 aromatic heterocycles. The summed E-state index contributed by atoms with van der Waals surface area (Å²) in [5.74, 6) is 2.17. The summed E-state index contributed by atoms with van der Waals surface area (Å²) in [4.78, 5) is 9.22. The average Bonchev–Trinajstić information content (AvgIpc) is 3.01. The smallest absolute Gasteiger partial charge is 0.160 e. The highest BCUT2D eigenvalue weighted by Gasteiger charge is 2.28. The van der Waals surface area contributed by atoms with Crippen LogP contribution in [0.25, 0.3) is 11.0 Å². The fraction of sp³-hybridized carbons (Fsp3) is 0.429. The van der Waals surface area contributed by atoms with Crippen LogP contribution in [0.3, 0.4) is 0 Å². The van der Waals surface area contributed by atoms with Gasteiger partial charge in [0.05, 0.1) is 18.1 Å². The molecule has 1 aliphatic carbocycles. The molecule has 1 saturated carbocycles. The van der Waals surface area contributed by atoms with Gasteiger partial charge in [0.25, 0.3) is 0 Å². The number of anilines is 2. The maximum Gasteiger partial charge on any atom is 0.160 e. The van der Waals surface area contributed by atoms with Crippen molar-refractivity contribution in [2.24, 2.45) is 0 Å². The maximum atomic E-state index is 4.65. The number of nitrogens with one attached hydrogen (secondary N) is 2. The summed E-state index contributed by atoms with van der Waals surface area (Å²) in [5.41, 5.74) is 2.60. The summed E-state index contributed by atoms with van der Waals surface area (Å²) >= 11 is 0. The van der Waals surface area contributed by atoms with Crippen molar-refractivity contribution in [3.8, 4) is 0 Å². The second-order valence-corrected chi connectivity index (χ2v) is 5.76. The van der Waals surface area contributed by atoms with Crippen LogP contribution < -0.4 is 5.32 Å². The molecule has 0 bridgehead atoms. The topological polar surface area (TPSA) is 84.3 Å². The van der Waals surface area contributed by atoms with Gasteiger partial charge in [0.1, 0.15) is 16.9 Å². The predicted molar refractivity (Wildman–Crippen MR) is 79.6 cm³/mol. The van der Waals surface area contributed by atoms with Crippen LogP contribution in [0.4, 0.5) is 11.5 Å². The normalized spacial score (nSPS) is 15.0. The Balaban J connectivity index is 1.72. The Morgan fingerprint density at radius 3 is 2.86 bits per heavy atom. The number of hydrogen-bond donors (Lipinski definition) is 2. The van der Waals surface area contributed by atoms with Crippen molar-refractivity contribution in [3.05, 3.63) is 24.4 Å². The fourth-order valence-electron chi connectivity index (χ4n) is 2.29. The van der Waals surface area contributed by atoms with Crippen molar-refractivity contribution >= 4 is 22.5 Å². The van der Waals surface area contributed by atoms with Crippen LogP contribution in [-0.4, -0.2) is 29.9 Å². The Morgan fingerprint density at radius 2 is 2.14 bits per heavy atom. The van der Waals surface area contributed by atoms with Crippen LogP contribution in [-0.2, 0) is 0 Å². The summed E-state index contributed by atoms with van der Waals surface area (Å²) in [6, 6.07) is 0.333. The van der Waals surface area contributed by atoms with Gasteiger partial charge < -0.3 is 5.32 Å². The van der Waals surface area contributed by atoms with Crippen molar-refractivity contribution in [3.63, 3.8) is 0 Å². The lowest BCUT2D eigenvalue weighted by molar-refractivity contribution is 0.532. The van der Waals surface area contributed by atoms with Crippen molar-refractivity contribution < 1.29 is 0 Å². The minimum absolute atomic E-state index is 0.333. The van der Waals surface area contributed by atoms with Gasteiger partial charge in [0.2, 0.25) is 0 Å². The van der Waals surface area contributed by atoms with Crippen LogP contribution in [0.2, 0.25) is 0 Å². The molecule has 0 aromatic carbocycles. The van der Waals surface area contributed by atoms with E-state index in [1.54, 1.807) is 12.4 Å². The minimum atomic E-state index is 0.333. The maximum absolute atomic E-state index is 4.65. The van der Waals surface area contributed by atoms with E-state index in [0.717, 1.165) is 28.4 Å². The first-order valence-corrected chi connectivity index (χ1v) is 7.23. The number of H-pyrrole nitrogens is 1. The van der Waals surface area contributed by atoms with E-state index < -0.39 is 0 Å². The largest absolute Gasteiger partial charge is 0.336 e. The molecule has 21 heavy (non-hydrogen) atoms. The van der Waals surface area contributed by atoms with Gasteiger partial charge in [0.15, 0.2) is 5.82 Å². The van der Waals surface area contributed by atoms with Crippen LogP contribution >= 0.6 is 0 Å². The van der Waals surface area contributed by atoms with Crippen LogP contribution in [0.15, 0.2) is 18.6 Å². The highest BCUT2D eigenvalue weighted by molar-refractivity contribution is 5.86. The predicted octanol–water partition coefficient (Wildman–Crippen LogP) is 2.75. The van der Waals surface area contributed by atoms with Gasteiger partial charge in [0, 0.05) is 18.2 Å². The van der Waals surface area contributed by atoms with Gasteiger partial charge in [-0.25, -0.2) is 9.97 Å². The first-order chi connectivity index (χ1) is 10.2. The molecule has 7 nitrogen and oxygen atoms in total. The molecule has 0 amide bonds. The number of hydrogen-bond acceptors (Lipinski definition) is 5. The summed E-state index contributed by atoms with van der Waals surface area (Å²) in [5, 5.41) is 14.7. The lowest BCUT2D eigenvalue weighted by atomic mass is 10.3. The standard InChI is InChI=1S/C14H17N7/c1-8(2)21-7-10(5-16-21)17-14-12-11(6-15-20-12)18-13(19-14)9-3-4-9/h5-9H,3-4H2,1-2H3,(H,15,20)(H,17,18,19). The molecule has 1 fully saturated rings. The molecule has 3 aromatic rings. The Morgan fingerprint density at radius 1 is 1.29 bits per heavy atom. The Labute approximate surface area is 121 Å². The van der Waals surface area contributed by atoms with Crippen LogP contribution in [0.1, 0.15) is 44.5 Å². The van der Waals surface area contributed by atoms with E-state index in [4.69, 9.17) is 0 Å². The van der Waals surface area contributed by atoms with Crippen LogP contribution in [0, 0.1) is 0 Å². The summed E-state index contributed by atoms with van der Waals surface area (Å²) < 4.78 is 1.91. The number of fused-ring (bicyclic) bond motifs is 1. The zero-order chi connectivity index (χ0) is 14.4. The number of aromatic nitrogens is 6. The minimum Gasteiger partial charge on any atom is -0.336 e. The summed E-state index contributed by atoms with van der Waals surface area (Å²) in [6.07, 6.45) is 7.88. The number of aromatic amines is 1. The third-order valence-corrected chi connectivity index (χ3v) is 3.65. The lowest BCUT2D eigenvalue weighted by Crippen LogP contribution is -2.01. The zero-order valence-electron chi connectivity index (χ0n) is 12.0. The average molecular weight is 283 g/mol. The molecule has 7 heteroatoms. The van der Waals surface area contributed by atoms with E-state index in [1.165, 1.54) is 12.8 Å². The third kappa shape index (κ3) is 2.24. The Bertz CT molecular complexity index is 782. The Kier molecular flexibility index (Phi) is 2.66. The molecule has 0 spiro atoms. The van der Waals surface area contributed by atoms with E-state index in [9.17, 15) is 0 Å². The lowest BCUT2D eigenvalue weighted by Gasteiger charge is -2.06. The van der Waals surface area contributed by atoms with Gasteiger partial charge in [-0.1, -0.05) is 0 Å². The second-order valence-electron chi connectivity index (χ2n) is 5.76. The van der Waals surface area contributed by atoms with Crippen molar-refractivity contribution in [2.75, 3.05) is 5.32 Å². The van der Waals surface area contributed by atoms with E-state index in [1.807, 2.05) is 10.9 Å². The zero-order valence-corrected chi connectivity index (χ0v) is 12.0. The fourth-order valence-corrected chi connectivity index (χ4v) is 2.29. The highest BCUT2D eigenvalue weighted by atomic mass is 15.3. The van der Waals surface area contributed by atoms with Crippen LogP contribution in [0.5, 0.6) is 0 Å². The monoisotopic (exact) mass is 283 g/mol. The van der Waals surface area contributed by atoms with Gasteiger partial charge in [-0.2, -0.15) is 10.2 Å². The van der Waals surface area contributed by atoms with E-state index in [2.05, 4.69) is 44.4 Å². The van der Waals surface area contributed by atoms with E-state index in [-0.39, 0.29) is 0 Å². The molecule has 0 atom stereocenters. The second kappa shape index (κ2) is 4.54. The molecule has 2 N–H and O–H groups in total. The molecule has 108 valence electrons. The van der Waals surface area contributed by atoms with Gasteiger partial charge in [-0.3, -0.25) is 9.78 Å². The van der Waals surface area contributed by atoms with Gasteiger partial charge in [-0.15, -0.1) is 0 Å². The molecule has 1 aliphatic rings. The molecule has 0 radical (unpaired) electrons. The van der Waals surface area contributed by atoms with E-state index in [0.29, 0.717) is 12.0 Å². The highest BCUT2D eigenvalue weighted by Crippen LogP contribution is 2.39. The van der Waals surface area contributed by atoms with Gasteiger partial charge >= 0.3 is 0 Å². The molecule has 3 heterocycles. The molecule has 0 unspecified atom stereocenters. The van der Waals surface area contributed by atoms with Crippen molar-refractivity contribution in [1.82, 2.24) is 29.9 Å².